The van der Waals surface area contributed by atoms with Gasteiger partial charge in [-0.1, -0.05) is 12.1 Å². The molecule has 0 atom stereocenters. The summed E-state index contributed by atoms with van der Waals surface area (Å²) in [5.74, 6) is 0.541. The Morgan fingerprint density at radius 2 is 2.21 bits per heavy atom. The van der Waals surface area contributed by atoms with Crippen molar-refractivity contribution in [2.24, 2.45) is 7.05 Å². The number of hydrogen-bond donors (Lipinski definition) is 1. The number of aromatic nitrogens is 2. The van der Waals surface area contributed by atoms with Crippen LogP contribution in [-0.2, 0) is 16.6 Å². The highest BCUT2D eigenvalue weighted by Crippen LogP contribution is 2.24. The van der Waals surface area contributed by atoms with Gasteiger partial charge >= 0.3 is 0 Å². The molecular weight excluding hydrogens is 244 g/mol. The number of benzene rings is 1. The van der Waals surface area contributed by atoms with Crippen LogP contribution in [0.3, 0.4) is 0 Å². The molecule has 1 heterocycles. The number of carbonyl (C=O) groups excluding carboxylic acids is 2. The van der Waals surface area contributed by atoms with Gasteiger partial charge in [0.25, 0.3) is 0 Å². The molecule has 2 rings (SSSR count). The van der Waals surface area contributed by atoms with E-state index >= 15 is 0 Å². The molecule has 1 N–H and O–H groups in total. The first-order chi connectivity index (χ1) is 9.13. The predicted octanol–water partition coefficient (Wildman–Crippen LogP) is 0.672. The summed E-state index contributed by atoms with van der Waals surface area (Å²) >= 11 is 0. The maximum atomic E-state index is 11.3. The van der Waals surface area contributed by atoms with Crippen molar-refractivity contribution in [1.29, 1.82) is 0 Å². The Hall–Kier alpha value is -2.37. The lowest BCUT2D eigenvalue weighted by molar-refractivity contribution is -0.125. The average molecular weight is 260 g/mol. The molecule has 0 saturated heterocycles. The maximum absolute atomic E-state index is 11.3. The summed E-state index contributed by atoms with van der Waals surface area (Å²) in [4.78, 5) is 23.3. The molecule has 2 aromatic rings. The Morgan fingerprint density at radius 3 is 2.95 bits per heavy atom. The molecule has 0 fully saturated rings. The molecule has 100 valence electrons. The Bertz CT molecular complexity index is 606. The van der Waals surface area contributed by atoms with E-state index in [0.29, 0.717) is 13.0 Å². The van der Waals surface area contributed by atoms with Crippen LogP contribution in [0, 0.1) is 0 Å². The molecule has 0 aliphatic heterocycles. The number of hydrogen-bond acceptors (Lipinski definition) is 4. The monoisotopic (exact) mass is 260 g/mol. The average Bonchev–Trinajstić information content (AvgIpc) is 2.75. The number of fused-ring (bicyclic) bond motifs is 1. The fourth-order valence-corrected chi connectivity index (χ4v) is 1.99. The molecule has 0 unspecified atom stereocenters. The number of rotatable bonds is 5. The van der Waals surface area contributed by atoms with Gasteiger partial charge in [-0.05, 0) is 12.1 Å². The lowest BCUT2D eigenvalue weighted by Gasteiger charge is -2.15. The predicted molar refractivity (Wildman–Crippen MR) is 72.8 cm³/mol. The van der Waals surface area contributed by atoms with Crippen molar-refractivity contribution in [3.05, 3.63) is 24.3 Å². The topological polar surface area (TPSA) is 67.2 Å². The number of aryl methyl sites for hydroxylation is 1. The van der Waals surface area contributed by atoms with Gasteiger partial charge in [0.1, 0.15) is 0 Å². The molecule has 1 aromatic carbocycles. The highest BCUT2D eigenvalue weighted by atomic mass is 16.2. The normalized spacial score (nSPS) is 10.4. The fourth-order valence-electron chi connectivity index (χ4n) is 1.99. The minimum absolute atomic E-state index is 0.250. The van der Waals surface area contributed by atoms with Crippen molar-refractivity contribution < 1.29 is 9.59 Å². The van der Waals surface area contributed by atoms with Gasteiger partial charge in [-0.15, -0.1) is 0 Å². The second kappa shape index (κ2) is 5.51. The third-order valence-electron chi connectivity index (χ3n) is 2.99. The summed E-state index contributed by atoms with van der Waals surface area (Å²) in [5.41, 5.74) is 1.04. The minimum atomic E-state index is -0.290. The summed E-state index contributed by atoms with van der Waals surface area (Å²) in [6.45, 7) is 0.501. The van der Waals surface area contributed by atoms with Gasteiger partial charge in [0.2, 0.25) is 12.3 Å². The summed E-state index contributed by atoms with van der Waals surface area (Å²) in [6, 6.07) is 7.92. The van der Waals surface area contributed by atoms with E-state index in [9.17, 15) is 9.59 Å². The standard InChI is InChI=1S/C13H16N4O2/c1-16(8-7-12(19)14-9-18)13-10-5-3-4-6-11(10)17(2)15-13/h3-6,9H,7-8H2,1-2H3,(H,14,18,19). The summed E-state index contributed by atoms with van der Waals surface area (Å²) in [5, 5.41) is 7.62. The van der Waals surface area contributed by atoms with Crippen LogP contribution in [0.5, 0.6) is 0 Å². The Labute approximate surface area is 111 Å². The smallest absolute Gasteiger partial charge is 0.228 e. The van der Waals surface area contributed by atoms with Crippen LogP contribution in [-0.4, -0.2) is 35.7 Å². The first kappa shape index (κ1) is 13.1. The molecule has 1 aromatic heterocycles. The van der Waals surface area contributed by atoms with Crippen LogP contribution < -0.4 is 10.2 Å². The zero-order chi connectivity index (χ0) is 13.8. The summed E-state index contributed by atoms with van der Waals surface area (Å²) in [7, 11) is 3.77. The lowest BCUT2D eigenvalue weighted by Crippen LogP contribution is -2.28. The first-order valence-corrected chi connectivity index (χ1v) is 5.99. The molecular formula is C13H16N4O2. The van der Waals surface area contributed by atoms with Crippen molar-refractivity contribution in [3.8, 4) is 0 Å². The molecule has 0 aliphatic carbocycles. The number of nitrogens with one attached hydrogen (secondary N) is 1. The Morgan fingerprint density at radius 1 is 1.47 bits per heavy atom. The van der Waals surface area contributed by atoms with Crippen LogP contribution in [0.1, 0.15) is 6.42 Å². The number of nitrogens with zero attached hydrogens (tertiary/aromatic N) is 3. The second-order valence-corrected chi connectivity index (χ2v) is 4.32. The van der Waals surface area contributed by atoms with Crippen molar-refractivity contribution in [1.82, 2.24) is 15.1 Å². The molecule has 2 amide bonds. The third kappa shape index (κ3) is 2.73. The van der Waals surface area contributed by atoms with Crippen molar-refractivity contribution in [2.45, 2.75) is 6.42 Å². The first-order valence-electron chi connectivity index (χ1n) is 5.99. The van der Waals surface area contributed by atoms with Gasteiger partial charge in [0.15, 0.2) is 5.82 Å². The molecule has 19 heavy (non-hydrogen) atoms. The minimum Gasteiger partial charge on any atom is -0.357 e. The van der Waals surface area contributed by atoms with E-state index in [4.69, 9.17) is 0 Å². The highest BCUT2D eigenvalue weighted by Gasteiger charge is 2.12. The van der Waals surface area contributed by atoms with E-state index in [-0.39, 0.29) is 12.3 Å². The van der Waals surface area contributed by atoms with Gasteiger partial charge in [-0.3, -0.25) is 19.6 Å². The maximum Gasteiger partial charge on any atom is 0.228 e. The molecule has 0 bridgehead atoms. The van der Waals surface area contributed by atoms with Gasteiger partial charge in [-0.2, -0.15) is 5.10 Å². The zero-order valence-corrected chi connectivity index (χ0v) is 11.0. The van der Waals surface area contributed by atoms with Crippen molar-refractivity contribution >= 4 is 29.0 Å². The van der Waals surface area contributed by atoms with Crippen LogP contribution in [0.2, 0.25) is 0 Å². The largest absolute Gasteiger partial charge is 0.357 e. The van der Waals surface area contributed by atoms with Crippen LogP contribution in [0.4, 0.5) is 5.82 Å². The molecule has 0 saturated carbocycles. The van der Waals surface area contributed by atoms with Gasteiger partial charge in [0.05, 0.1) is 5.52 Å². The van der Waals surface area contributed by atoms with Crippen LogP contribution in [0.25, 0.3) is 10.9 Å². The van der Waals surface area contributed by atoms with Crippen LogP contribution >= 0.6 is 0 Å². The molecule has 6 nitrogen and oxygen atoms in total. The van der Waals surface area contributed by atoms with E-state index in [1.165, 1.54) is 0 Å². The number of para-hydroxylation sites is 1. The van der Waals surface area contributed by atoms with Gasteiger partial charge < -0.3 is 4.90 Å². The zero-order valence-electron chi connectivity index (χ0n) is 11.0. The number of imide groups is 1. The highest BCUT2D eigenvalue weighted by molar-refractivity contribution is 5.91. The summed E-state index contributed by atoms with van der Waals surface area (Å²) in [6.07, 6.45) is 0.651. The molecule has 6 heteroatoms. The van der Waals surface area contributed by atoms with Crippen LogP contribution in [0.15, 0.2) is 24.3 Å². The van der Waals surface area contributed by atoms with E-state index in [0.717, 1.165) is 16.7 Å². The van der Waals surface area contributed by atoms with E-state index in [1.807, 2.05) is 47.9 Å². The van der Waals surface area contributed by atoms with E-state index in [2.05, 4.69) is 10.4 Å². The van der Waals surface area contributed by atoms with Crippen molar-refractivity contribution in [3.63, 3.8) is 0 Å². The molecule has 0 aliphatic rings. The number of anilines is 1. The lowest BCUT2D eigenvalue weighted by atomic mass is 10.2. The molecule has 0 spiro atoms. The Balaban J connectivity index is 2.15. The van der Waals surface area contributed by atoms with Gasteiger partial charge in [-0.25, -0.2) is 0 Å². The Kier molecular flexibility index (Phi) is 3.79. The van der Waals surface area contributed by atoms with E-state index in [1.54, 1.807) is 0 Å². The SMILES string of the molecule is CN(CCC(=O)NC=O)c1nn(C)c2ccccc12. The van der Waals surface area contributed by atoms with Crippen molar-refractivity contribution in [2.75, 3.05) is 18.5 Å². The third-order valence-corrected chi connectivity index (χ3v) is 2.99. The summed E-state index contributed by atoms with van der Waals surface area (Å²) < 4.78 is 1.81. The van der Waals surface area contributed by atoms with E-state index < -0.39 is 0 Å². The molecule has 0 radical (unpaired) electrons. The number of carbonyl (C=O) groups is 2. The number of amides is 2. The van der Waals surface area contributed by atoms with Gasteiger partial charge in [0, 0.05) is 32.4 Å². The fraction of sp³-hybridized carbons (Fsp3) is 0.308. The second-order valence-electron chi connectivity index (χ2n) is 4.32. The quantitative estimate of drug-likeness (QED) is 0.802.